The highest BCUT2D eigenvalue weighted by Crippen LogP contribution is 2.13. The monoisotopic (exact) mass is 264 g/mol. The summed E-state index contributed by atoms with van der Waals surface area (Å²) in [4.78, 5) is 24.6. The summed E-state index contributed by atoms with van der Waals surface area (Å²) in [6.45, 7) is 2.66. The van der Waals surface area contributed by atoms with Gasteiger partial charge in [0.2, 0.25) is 11.8 Å². The summed E-state index contributed by atoms with van der Waals surface area (Å²) in [7, 11) is 0. The third kappa shape index (κ3) is 2.98. The van der Waals surface area contributed by atoms with Crippen molar-refractivity contribution in [2.75, 3.05) is 13.1 Å². The summed E-state index contributed by atoms with van der Waals surface area (Å²) in [5.41, 5.74) is 0.610. The molecule has 19 heavy (non-hydrogen) atoms. The number of hydrogen-bond acceptors (Lipinski definition) is 3. The normalized spacial score (nSPS) is 19.3. The van der Waals surface area contributed by atoms with Crippen molar-refractivity contribution < 1.29 is 14.0 Å². The molecule has 2 rings (SSSR count). The van der Waals surface area contributed by atoms with Crippen LogP contribution >= 0.6 is 0 Å². The number of carbonyl (C=O) groups is 2. The Balaban J connectivity index is 1.86. The number of nitrogens with one attached hydrogen (secondary N) is 1. The number of likely N-dealkylation sites (N-methyl/N-ethyl adjacent to an activating group) is 1. The van der Waals surface area contributed by atoms with Crippen LogP contribution in [0.25, 0.3) is 0 Å². The first-order valence-corrected chi connectivity index (χ1v) is 6.44. The van der Waals surface area contributed by atoms with Crippen LogP contribution in [0, 0.1) is 5.82 Å². The molecule has 0 aliphatic carbocycles. The third-order valence-electron chi connectivity index (χ3n) is 3.30. The van der Waals surface area contributed by atoms with Crippen LogP contribution in [0.4, 0.5) is 4.39 Å². The van der Waals surface area contributed by atoms with E-state index in [1.165, 1.54) is 11.0 Å². The highest BCUT2D eigenvalue weighted by molar-refractivity contribution is 6.05. The SMILES string of the molecule is CCN1C(=O)CC(NCCc2ccccc2F)C1=O. The van der Waals surface area contributed by atoms with Crippen LogP contribution in [0.2, 0.25) is 0 Å². The summed E-state index contributed by atoms with van der Waals surface area (Å²) in [6, 6.07) is 6.10. The fraction of sp³-hybridized carbons (Fsp3) is 0.429. The third-order valence-corrected chi connectivity index (χ3v) is 3.30. The summed E-state index contributed by atoms with van der Waals surface area (Å²) in [6.07, 6.45) is 0.695. The highest BCUT2D eigenvalue weighted by atomic mass is 19.1. The predicted molar refractivity (Wildman–Crippen MR) is 68.9 cm³/mol. The van der Waals surface area contributed by atoms with Crippen molar-refractivity contribution in [3.63, 3.8) is 0 Å². The van der Waals surface area contributed by atoms with E-state index in [1.54, 1.807) is 25.1 Å². The van der Waals surface area contributed by atoms with E-state index in [-0.39, 0.29) is 24.1 Å². The lowest BCUT2D eigenvalue weighted by Crippen LogP contribution is -2.39. The molecule has 1 aliphatic rings. The Morgan fingerprint density at radius 1 is 1.37 bits per heavy atom. The van der Waals surface area contributed by atoms with Crippen molar-refractivity contribution in [1.29, 1.82) is 0 Å². The fourth-order valence-electron chi connectivity index (χ4n) is 2.26. The Hall–Kier alpha value is -1.75. The van der Waals surface area contributed by atoms with Gasteiger partial charge in [-0.3, -0.25) is 14.5 Å². The van der Waals surface area contributed by atoms with Gasteiger partial charge in [0.25, 0.3) is 0 Å². The lowest BCUT2D eigenvalue weighted by atomic mass is 10.1. The van der Waals surface area contributed by atoms with Crippen molar-refractivity contribution in [2.45, 2.75) is 25.8 Å². The predicted octanol–water partition coefficient (Wildman–Crippen LogP) is 1.11. The van der Waals surface area contributed by atoms with E-state index in [9.17, 15) is 14.0 Å². The van der Waals surface area contributed by atoms with Gasteiger partial charge in [-0.15, -0.1) is 0 Å². The molecule has 0 aromatic heterocycles. The second-order valence-electron chi connectivity index (χ2n) is 4.53. The average Bonchev–Trinajstić information content (AvgIpc) is 2.66. The Bertz CT molecular complexity index is 490. The molecule has 1 aliphatic heterocycles. The Morgan fingerprint density at radius 2 is 2.11 bits per heavy atom. The van der Waals surface area contributed by atoms with E-state index < -0.39 is 6.04 Å². The summed E-state index contributed by atoms with van der Waals surface area (Å²) in [5, 5.41) is 3.02. The zero-order valence-corrected chi connectivity index (χ0v) is 10.9. The van der Waals surface area contributed by atoms with E-state index in [1.807, 2.05) is 0 Å². The zero-order valence-electron chi connectivity index (χ0n) is 10.9. The molecule has 2 amide bonds. The molecule has 102 valence electrons. The number of imide groups is 1. The van der Waals surface area contributed by atoms with Crippen LogP contribution in [-0.4, -0.2) is 35.8 Å². The number of likely N-dealkylation sites (tertiary alicyclic amines) is 1. The average molecular weight is 264 g/mol. The quantitative estimate of drug-likeness (QED) is 0.810. The van der Waals surface area contributed by atoms with Crippen LogP contribution < -0.4 is 5.32 Å². The van der Waals surface area contributed by atoms with Crippen LogP contribution in [0.1, 0.15) is 18.9 Å². The first kappa shape index (κ1) is 13.7. The van der Waals surface area contributed by atoms with E-state index in [0.717, 1.165) is 0 Å². The summed E-state index contributed by atoms with van der Waals surface area (Å²) < 4.78 is 13.4. The van der Waals surface area contributed by atoms with E-state index in [4.69, 9.17) is 0 Å². The lowest BCUT2D eigenvalue weighted by molar-refractivity contribution is -0.138. The van der Waals surface area contributed by atoms with Crippen LogP contribution in [0.15, 0.2) is 24.3 Å². The van der Waals surface area contributed by atoms with Gasteiger partial charge in [0.15, 0.2) is 0 Å². The second-order valence-corrected chi connectivity index (χ2v) is 4.53. The number of halogens is 1. The molecule has 1 aromatic rings. The maximum atomic E-state index is 13.4. The van der Waals surface area contributed by atoms with Gasteiger partial charge in [0.1, 0.15) is 5.82 Å². The van der Waals surface area contributed by atoms with Crippen LogP contribution in [-0.2, 0) is 16.0 Å². The lowest BCUT2D eigenvalue weighted by Gasteiger charge is -2.13. The topological polar surface area (TPSA) is 49.4 Å². The van der Waals surface area contributed by atoms with Crippen LogP contribution in [0.3, 0.4) is 0 Å². The molecule has 1 fully saturated rings. The summed E-state index contributed by atoms with van der Waals surface area (Å²) >= 11 is 0. The molecule has 1 heterocycles. The number of hydrogen-bond donors (Lipinski definition) is 1. The molecule has 0 bridgehead atoms. The van der Waals surface area contributed by atoms with E-state index >= 15 is 0 Å². The number of amides is 2. The van der Waals surface area contributed by atoms with Gasteiger partial charge in [-0.25, -0.2) is 4.39 Å². The maximum absolute atomic E-state index is 13.4. The van der Waals surface area contributed by atoms with Crippen LogP contribution in [0.5, 0.6) is 0 Å². The first-order chi connectivity index (χ1) is 9.13. The van der Waals surface area contributed by atoms with Crippen molar-refractivity contribution in [2.24, 2.45) is 0 Å². The highest BCUT2D eigenvalue weighted by Gasteiger charge is 2.36. The number of benzene rings is 1. The first-order valence-electron chi connectivity index (χ1n) is 6.44. The molecular weight excluding hydrogens is 247 g/mol. The minimum Gasteiger partial charge on any atom is -0.305 e. The Kier molecular flexibility index (Phi) is 4.27. The van der Waals surface area contributed by atoms with Gasteiger partial charge in [-0.05, 0) is 25.0 Å². The standard InChI is InChI=1S/C14H17FN2O2/c1-2-17-13(18)9-12(14(17)19)16-8-7-10-5-3-4-6-11(10)15/h3-6,12,16H,2,7-9H2,1H3. The smallest absolute Gasteiger partial charge is 0.246 e. The number of carbonyl (C=O) groups excluding carboxylic acids is 2. The van der Waals surface area contributed by atoms with Crippen molar-refractivity contribution in [3.05, 3.63) is 35.6 Å². The Labute approximate surface area is 111 Å². The maximum Gasteiger partial charge on any atom is 0.246 e. The van der Waals surface area contributed by atoms with Crippen molar-refractivity contribution in [1.82, 2.24) is 10.2 Å². The van der Waals surface area contributed by atoms with Gasteiger partial charge >= 0.3 is 0 Å². The fourth-order valence-corrected chi connectivity index (χ4v) is 2.26. The molecule has 1 saturated heterocycles. The largest absolute Gasteiger partial charge is 0.305 e. The van der Waals surface area contributed by atoms with Crippen molar-refractivity contribution in [3.8, 4) is 0 Å². The van der Waals surface area contributed by atoms with Gasteiger partial charge in [-0.1, -0.05) is 18.2 Å². The number of rotatable bonds is 5. The van der Waals surface area contributed by atoms with Gasteiger partial charge in [-0.2, -0.15) is 0 Å². The number of nitrogens with zero attached hydrogens (tertiary/aromatic N) is 1. The van der Waals surface area contributed by atoms with E-state index in [2.05, 4.69) is 5.32 Å². The Morgan fingerprint density at radius 3 is 2.74 bits per heavy atom. The molecule has 0 saturated carbocycles. The molecule has 4 nitrogen and oxygen atoms in total. The second kappa shape index (κ2) is 5.93. The molecule has 1 N–H and O–H groups in total. The molecule has 1 unspecified atom stereocenters. The molecule has 0 radical (unpaired) electrons. The molecule has 1 aromatic carbocycles. The van der Waals surface area contributed by atoms with Crippen molar-refractivity contribution >= 4 is 11.8 Å². The molecule has 5 heteroatoms. The van der Waals surface area contributed by atoms with E-state index in [0.29, 0.717) is 25.1 Å². The molecule has 1 atom stereocenters. The summed E-state index contributed by atoms with van der Waals surface area (Å²) in [5.74, 6) is -0.565. The molecular formula is C14H17FN2O2. The zero-order chi connectivity index (χ0) is 13.8. The molecule has 0 spiro atoms. The van der Waals surface area contributed by atoms with Gasteiger partial charge in [0.05, 0.1) is 12.5 Å². The van der Waals surface area contributed by atoms with Gasteiger partial charge < -0.3 is 5.32 Å². The van der Waals surface area contributed by atoms with Gasteiger partial charge in [0, 0.05) is 13.1 Å². The minimum atomic E-state index is -0.459. The minimum absolute atomic E-state index is 0.143.